The summed E-state index contributed by atoms with van der Waals surface area (Å²) < 4.78 is 24.6. The molecule has 0 aliphatic heterocycles. The summed E-state index contributed by atoms with van der Waals surface area (Å²) in [4.78, 5) is 26.8. The minimum Gasteiger partial charge on any atom is -0.496 e. The summed E-state index contributed by atoms with van der Waals surface area (Å²) in [5.74, 6) is 0.0611. The van der Waals surface area contributed by atoms with E-state index in [1.54, 1.807) is 36.4 Å². The number of benzene rings is 3. The highest BCUT2D eigenvalue weighted by Gasteiger charge is 2.29. The Kier molecular flexibility index (Phi) is 7.48. The van der Waals surface area contributed by atoms with Crippen LogP contribution in [0.1, 0.15) is 63.7 Å². The van der Waals surface area contributed by atoms with E-state index in [0.29, 0.717) is 16.9 Å². The zero-order chi connectivity index (χ0) is 25.2. The van der Waals surface area contributed by atoms with Gasteiger partial charge in [-0.2, -0.15) is 0 Å². The van der Waals surface area contributed by atoms with Crippen molar-refractivity contribution in [1.29, 1.82) is 0 Å². The van der Waals surface area contributed by atoms with Crippen molar-refractivity contribution in [3.63, 3.8) is 0 Å². The molecule has 0 amide bonds. The topological polar surface area (TPSA) is 69.7 Å². The molecule has 0 N–H and O–H groups in total. The molecule has 0 saturated carbocycles. The fourth-order valence-electron chi connectivity index (χ4n) is 4.06. The Morgan fingerprint density at radius 1 is 0.824 bits per heavy atom. The molecule has 0 fully saturated rings. The first kappa shape index (κ1) is 25.5. The number of ether oxygens (including phenoxy) is 2. The maximum atomic E-state index is 13.6. The van der Waals surface area contributed by atoms with E-state index in [1.165, 1.54) is 14.2 Å². The fourth-order valence-corrected chi connectivity index (χ4v) is 5.60. The zero-order valence-corrected chi connectivity index (χ0v) is 21.7. The van der Waals surface area contributed by atoms with Crippen LogP contribution in [0.3, 0.4) is 0 Å². The number of carbonyl (C=O) groups excluding carboxylic acids is 2. The molecule has 0 bridgehead atoms. The number of hydrogen-bond acceptors (Lipinski definition) is 5. The third-order valence-electron chi connectivity index (χ3n) is 5.88. The van der Waals surface area contributed by atoms with Crippen LogP contribution in [0.15, 0.2) is 54.6 Å². The van der Waals surface area contributed by atoms with E-state index in [4.69, 9.17) is 9.47 Å². The minimum atomic E-state index is -3.01. The second-order valence-electron chi connectivity index (χ2n) is 9.31. The van der Waals surface area contributed by atoms with Gasteiger partial charge in [0.25, 0.3) is 0 Å². The zero-order valence-electron chi connectivity index (χ0n) is 20.7. The molecule has 5 nitrogen and oxygen atoms in total. The van der Waals surface area contributed by atoms with Gasteiger partial charge in [-0.1, -0.05) is 63.2 Å². The molecule has 1 atom stereocenters. The molecule has 1 unspecified atom stereocenters. The van der Waals surface area contributed by atoms with Crippen LogP contribution >= 0.6 is 7.80 Å². The van der Waals surface area contributed by atoms with Gasteiger partial charge in [0.1, 0.15) is 17.1 Å². The van der Waals surface area contributed by atoms with Crippen molar-refractivity contribution >= 4 is 24.4 Å². The van der Waals surface area contributed by atoms with Gasteiger partial charge in [0.15, 0.2) is 7.80 Å². The van der Waals surface area contributed by atoms with Crippen molar-refractivity contribution in [2.24, 2.45) is 0 Å². The van der Waals surface area contributed by atoms with Crippen LogP contribution in [0.5, 0.6) is 11.5 Å². The molecule has 3 aromatic carbocycles. The number of carbonyl (C=O) groups is 2. The molecule has 0 aromatic heterocycles. The molecule has 3 aromatic rings. The largest absolute Gasteiger partial charge is 0.496 e. The molecular formula is C28H31O5P. The smallest absolute Gasteiger partial charge is 0.223 e. The molecule has 3 rings (SSSR count). The highest BCUT2D eigenvalue weighted by atomic mass is 31.1. The van der Waals surface area contributed by atoms with E-state index in [9.17, 15) is 14.2 Å². The van der Waals surface area contributed by atoms with Crippen LogP contribution in [0.2, 0.25) is 0 Å². The lowest BCUT2D eigenvalue weighted by Gasteiger charge is -2.22. The Morgan fingerprint density at radius 3 is 1.91 bits per heavy atom. The van der Waals surface area contributed by atoms with Gasteiger partial charge in [-0.15, -0.1) is 0 Å². The van der Waals surface area contributed by atoms with Gasteiger partial charge in [0.2, 0.25) is 11.3 Å². The lowest BCUT2D eigenvalue weighted by molar-refractivity contribution is 0.103. The summed E-state index contributed by atoms with van der Waals surface area (Å²) in [5, 5.41) is 0.205. The van der Waals surface area contributed by atoms with Crippen LogP contribution in [0, 0.1) is 13.8 Å². The maximum Gasteiger partial charge on any atom is 0.223 e. The first-order valence-electron chi connectivity index (χ1n) is 11.1. The van der Waals surface area contributed by atoms with Crippen molar-refractivity contribution in [3.8, 4) is 11.5 Å². The van der Waals surface area contributed by atoms with Crippen LogP contribution in [0.4, 0.5) is 0 Å². The van der Waals surface area contributed by atoms with Crippen LogP contribution in [-0.4, -0.2) is 25.5 Å². The van der Waals surface area contributed by atoms with E-state index < -0.39 is 13.3 Å². The standard InChI is InChI=1S/C28H31O5P/c1-17-15-20(28(3,4)5)16-18(2)23(17)27(30)34(31)22-14-13-21(32-6)24(26(22)33-7)25(29)19-11-9-8-10-12-19/h8-16,34H,1-7H3. The second-order valence-corrected chi connectivity index (χ2v) is 11.0. The predicted octanol–water partition coefficient (Wildman–Crippen LogP) is 5.87. The molecule has 34 heavy (non-hydrogen) atoms. The van der Waals surface area contributed by atoms with Crippen molar-refractivity contribution < 1.29 is 23.6 Å². The molecule has 0 radical (unpaired) electrons. The highest BCUT2D eigenvalue weighted by molar-refractivity contribution is 7.71. The Balaban J connectivity index is 2.13. The molecule has 0 saturated heterocycles. The van der Waals surface area contributed by atoms with E-state index in [-0.39, 0.29) is 27.8 Å². The first-order valence-corrected chi connectivity index (χ1v) is 12.5. The van der Waals surface area contributed by atoms with E-state index in [2.05, 4.69) is 20.8 Å². The second kappa shape index (κ2) is 9.99. The fraction of sp³-hybridized carbons (Fsp3) is 0.286. The Morgan fingerprint density at radius 2 is 1.41 bits per heavy atom. The van der Waals surface area contributed by atoms with Gasteiger partial charge in [0, 0.05) is 11.1 Å². The Bertz CT molecular complexity index is 1250. The van der Waals surface area contributed by atoms with Crippen LogP contribution < -0.4 is 14.8 Å². The lowest BCUT2D eigenvalue weighted by Crippen LogP contribution is -2.16. The van der Waals surface area contributed by atoms with E-state index in [0.717, 1.165) is 16.7 Å². The molecule has 178 valence electrons. The summed E-state index contributed by atoms with van der Waals surface area (Å²) in [5.41, 5.74) is 3.17. The average molecular weight is 479 g/mol. The quantitative estimate of drug-likeness (QED) is 0.314. The first-order chi connectivity index (χ1) is 16.0. The van der Waals surface area contributed by atoms with Gasteiger partial charge in [-0.05, 0) is 48.1 Å². The van der Waals surface area contributed by atoms with Crippen molar-refractivity contribution in [3.05, 3.63) is 88.0 Å². The van der Waals surface area contributed by atoms with Gasteiger partial charge in [-0.25, -0.2) is 0 Å². The summed E-state index contributed by atoms with van der Waals surface area (Å²) in [6.07, 6.45) is 0. The van der Waals surface area contributed by atoms with Crippen LogP contribution in [0.25, 0.3) is 0 Å². The van der Waals surface area contributed by atoms with Crippen molar-refractivity contribution in [2.75, 3.05) is 14.2 Å². The average Bonchev–Trinajstić information content (AvgIpc) is 2.81. The third-order valence-corrected chi connectivity index (χ3v) is 7.43. The van der Waals surface area contributed by atoms with E-state index in [1.807, 2.05) is 32.0 Å². The lowest BCUT2D eigenvalue weighted by atomic mass is 9.84. The minimum absolute atomic E-state index is 0.0751. The predicted molar refractivity (Wildman–Crippen MR) is 137 cm³/mol. The summed E-state index contributed by atoms with van der Waals surface area (Å²) in [7, 11) is -0.164. The number of ketones is 1. The van der Waals surface area contributed by atoms with Gasteiger partial charge in [0.05, 0.1) is 19.5 Å². The SMILES string of the molecule is COc1ccc([PH](=O)C(=O)c2c(C)cc(C(C)(C)C)cc2C)c(OC)c1C(=O)c1ccccc1. The molecular weight excluding hydrogens is 447 g/mol. The molecule has 6 heteroatoms. The summed E-state index contributed by atoms with van der Waals surface area (Å²) >= 11 is 0. The van der Waals surface area contributed by atoms with Crippen LogP contribution in [-0.2, 0) is 9.98 Å². The molecule has 0 heterocycles. The van der Waals surface area contributed by atoms with Crippen molar-refractivity contribution in [2.45, 2.75) is 40.0 Å². The Labute approximate surface area is 201 Å². The number of hydrogen-bond donors (Lipinski definition) is 0. The number of aryl methyl sites for hydroxylation is 2. The van der Waals surface area contributed by atoms with Gasteiger partial charge < -0.3 is 14.0 Å². The monoisotopic (exact) mass is 478 g/mol. The van der Waals surface area contributed by atoms with Crippen molar-refractivity contribution in [1.82, 2.24) is 0 Å². The molecule has 0 aliphatic carbocycles. The maximum absolute atomic E-state index is 13.6. The number of rotatable bonds is 7. The number of methoxy groups -OCH3 is 2. The molecule has 0 aliphatic rings. The highest BCUT2D eigenvalue weighted by Crippen LogP contribution is 2.39. The summed E-state index contributed by atoms with van der Waals surface area (Å²) in [6, 6.07) is 15.8. The summed E-state index contributed by atoms with van der Waals surface area (Å²) in [6.45, 7) is 10.1. The van der Waals surface area contributed by atoms with Gasteiger partial charge >= 0.3 is 0 Å². The molecule has 0 spiro atoms. The normalized spacial score (nSPS) is 12.2. The Hall–Kier alpha value is -3.17. The van der Waals surface area contributed by atoms with Gasteiger partial charge in [-0.3, -0.25) is 9.59 Å². The third kappa shape index (κ3) is 4.85. The van der Waals surface area contributed by atoms with E-state index >= 15 is 0 Å².